The predicted molar refractivity (Wildman–Crippen MR) is 47.3 cm³/mol. The predicted octanol–water partition coefficient (Wildman–Crippen LogP) is 1.72. The van der Waals surface area contributed by atoms with E-state index < -0.39 is 0 Å². The highest BCUT2D eigenvalue weighted by Gasteiger charge is 2.11. The number of carbonyl (C=O) groups excluding carboxylic acids is 1. The van der Waals surface area contributed by atoms with Crippen molar-refractivity contribution in [3.05, 3.63) is 12.2 Å². The van der Waals surface area contributed by atoms with E-state index in [2.05, 4.69) is 5.32 Å². The molecular formula is C9H17NO. The van der Waals surface area contributed by atoms with Crippen LogP contribution in [0.4, 0.5) is 0 Å². The van der Waals surface area contributed by atoms with Crippen molar-refractivity contribution in [3.63, 3.8) is 0 Å². The van der Waals surface area contributed by atoms with Crippen LogP contribution in [-0.2, 0) is 4.79 Å². The minimum Gasteiger partial charge on any atom is -0.359 e. The minimum atomic E-state index is 0.144. The lowest BCUT2D eigenvalue weighted by atomic mass is 10.0. The highest BCUT2D eigenvalue weighted by molar-refractivity contribution is 5.78. The molecule has 0 bridgehead atoms. The summed E-state index contributed by atoms with van der Waals surface area (Å²) in [5.74, 6) is 0.293. The molecular weight excluding hydrogens is 138 g/mol. The normalized spacial score (nSPS) is 13.4. The Hall–Kier alpha value is -0.790. The Balaban J connectivity index is 3.84. The van der Waals surface area contributed by atoms with Gasteiger partial charge in [-0.15, -0.1) is 0 Å². The molecule has 0 spiro atoms. The monoisotopic (exact) mass is 155 g/mol. The number of nitrogens with one attached hydrogen (secondary N) is 1. The van der Waals surface area contributed by atoms with Crippen molar-refractivity contribution in [3.8, 4) is 0 Å². The van der Waals surface area contributed by atoms with Gasteiger partial charge in [-0.2, -0.15) is 0 Å². The molecule has 1 amide bonds. The van der Waals surface area contributed by atoms with Gasteiger partial charge in [0, 0.05) is 13.0 Å². The Morgan fingerprint density at radius 2 is 2.27 bits per heavy atom. The van der Waals surface area contributed by atoms with Crippen molar-refractivity contribution in [1.82, 2.24) is 5.32 Å². The van der Waals surface area contributed by atoms with E-state index in [-0.39, 0.29) is 11.8 Å². The molecule has 64 valence electrons. The lowest BCUT2D eigenvalue weighted by Gasteiger charge is -2.09. The molecule has 0 aromatic rings. The first-order valence-corrected chi connectivity index (χ1v) is 4.09. The van der Waals surface area contributed by atoms with Crippen LogP contribution in [0.15, 0.2) is 12.2 Å². The van der Waals surface area contributed by atoms with Crippen molar-refractivity contribution < 1.29 is 4.79 Å². The van der Waals surface area contributed by atoms with E-state index in [0.29, 0.717) is 0 Å². The molecule has 0 rings (SSSR count). The zero-order valence-corrected chi connectivity index (χ0v) is 7.55. The summed E-state index contributed by atoms with van der Waals surface area (Å²) in [6.45, 7) is 4.00. The molecule has 0 aromatic heterocycles. The molecule has 0 saturated heterocycles. The molecule has 0 aliphatic rings. The topological polar surface area (TPSA) is 29.1 Å². The van der Waals surface area contributed by atoms with Crippen LogP contribution in [0.25, 0.3) is 0 Å². The fraction of sp³-hybridized carbons (Fsp3) is 0.667. The fourth-order valence-corrected chi connectivity index (χ4v) is 0.964. The quantitative estimate of drug-likeness (QED) is 0.615. The van der Waals surface area contributed by atoms with Crippen molar-refractivity contribution in [1.29, 1.82) is 0 Å². The van der Waals surface area contributed by atoms with Gasteiger partial charge in [-0.05, 0) is 19.8 Å². The largest absolute Gasteiger partial charge is 0.359 e. The van der Waals surface area contributed by atoms with Gasteiger partial charge in [0.1, 0.15) is 0 Å². The maximum atomic E-state index is 11.1. The van der Waals surface area contributed by atoms with Gasteiger partial charge in [0.15, 0.2) is 0 Å². The van der Waals surface area contributed by atoms with E-state index in [0.717, 1.165) is 12.8 Å². The molecule has 1 unspecified atom stereocenters. The SMILES string of the molecule is C/C=C/CC(CC)C(=O)NC. The van der Waals surface area contributed by atoms with Crippen LogP contribution in [-0.4, -0.2) is 13.0 Å². The van der Waals surface area contributed by atoms with E-state index >= 15 is 0 Å². The summed E-state index contributed by atoms with van der Waals surface area (Å²) in [5, 5.41) is 2.65. The highest BCUT2D eigenvalue weighted by Crippen LogP contribution is 2.08. The van der Waals surface area contributed by atoms with Crippen molar-refractivity contribution >= 4 is 5.91 Å². The molecule has 0 heterocycles. The molecule has 1 N–H and O–H groups in total. The van der Waals surface area contributed by atoms with Gasteiger partial charge >= 0.3 is 0 Å². The van der Waals surface area contributed by atoms with Crippen LogP contribution in [0, 0.1) is 5.92 Å². The molecule has 0 aromatic carbocycles. The number of allylic oxidation sites excluding steroid dienone is 2. The van der Waals surface area contributed by atoms with Crippen molar-refractivity contribution in [2.75, 3.05) is 7.05 Å². The Labute approximate surface area is 68.7 Å². The Kier molecular flexibility index (Phi) is 5.53. The number of hydrogen-bond acceptors (Lipinski definition) is 1. The van der Waals surface area contributed by atoms with E-state index in [9.17, 15) is 4.79 Å². The first-order chi connectivity index (χ1) is 5.26. The molecule has 0 fully saturated rings. The highest BCUT2D eigenvalue weighted by atomic mass is 16.1. The maximum absolute atomic E-state index is 11.1. The molecule has 2 nitrogen and oxygen atoms in total. The van der Waals surface area contributed by atoms with Crippen LogP contribution in [0.3, 0.4) is 0 Å². The number of rotatable bonds is 4. The van der Waals surface area contributed by atoms with Crippen LogP contribution in [0.1, 0.15) is 26.7 Å². The molecule has 0 saturated carbocycles. The summed E-state index contributed by atoms with van der Waals surface area (Å²) >= 11 is 0. The van der Waals surface area contributed by atoms with Gasteiger partial charge in [0.05, 0.1) is 0 Å². The summed E-state index contributed by atoms with van der Waals surface area (Å²) in [6.07, 6.45) is 5.77. The maximum Gasteiger partial charge on any atom is 0.223 e. The van der Waals surface area contributed by atoms with Crippen molar-refractivity contribution in [2.24, 2.45) is 5.92 Å². The average molecular weight is 155 g/mol. The van der Waals surface area contributed by atoms with Gasteiger partial charge in [-0.1, -0.05) is 19.1 Å². The van der Waals surface area contributed by atoms with Gasteiger partial charge in [0.25, 0.3) is 0 Å². The number of hydrogen-bond donors (Lipinski definition) is 1. The molecule has 0 aliphatic carbocycles. The van der Waals surface area contributed by atoms with Crippen LogP contribution < -0.4 is 5.32 Å². The third-order valence-electron chi connectivity index (χ3n) is 1.77. The summed E-state index contributed by atoms with van der Waals surface area (Å²) < 4.78 is 0. The van der Waals surface area contributed by atoms with Crippen LogP contribution in [0.2, 0.25) is 0 Å². The molecule has 2 heteroatoms. The van der Waals surface area contributed by atoms with Gasteiger partial charge in [0.2, 0.25) is 5.91 Å². The average Bonchev–Trinajstić information content (AvgIpc) is 2.05. The number of amides is 1. The fourth-order valence-electron chi connectivity index (χ4n) is 0.964. The second-order valence-electron chi connectivity index (χ2n) is 2.52. The van der Waals surface area contributed by atoms with Crippen molar-refractivity contribution in [2.45, 2.75) is 26.7 Å². The minimum absolute atomic E-state index is 0.144. The molecule has 0 aliphatic heterocycles. The van der Waals surface area contributed by atoms with E-state index in [1.807, 2.05) is 26.0 Å². The van der Waals surface area contributed by atoms with E-state index in [1.54, 1.807) is 7.05 Å². The lowest BCUT2D eigenvalue weighted by molar-refractivity contribution is -0.124. The third kappa shape index (κ3) is 3.81. The summed E-state index contributed by atoms with van der Waals surface area (Å²) in [7, 11) is 1.68. The van der Waals surface area contributed by atoms with Gasteiger partial charge < -0.3 is 5.32 Å². The van der Waals surface area contributed by atoms with Crippen LogP contribution in [0.5, 0.6) is 0 Å². The first kappa shape index (κ1) is 10.2. The molecule has 1 atom stereocenters. The summed E-state index contributed by atoms with van der Waals surface area (Å²) in [6, 6.07) is 0. The third-order valence-corrected chi connectivity index (χ3v) is 1.77. The zero-order chi connectivity index (χ0) is 8.69. The Morgan fingerprint density at radius 3 is 2.64 bits per heavy atom. The second kappa shape index (κ2) is 5.96. The zero-order valence-electron chi connectivity index (χ0n) is 7.55. The van der Waals surface area contributed by atoms with Crippen LogP contribution >= 0.6 is 0 Å². The van der Waals surface area contributed by atoms with E-state index in [4.69, 9.17) is 0 Å². The van der Waals surface area contributed by atoms with Gasteiger partial charge in [-0.3, -0.25) is 4.79 Å². The first-order valence-electron chi connectivity index (χ1n) is 4.09. The smallest absolute Gasteiger partial charge is 0.223 e. The number of carbonyl (C=O) groups is 1. The summed E-state index contributed by atoms with van der Waals surface area (Å²) in [5.41, 5.74) is 0. The molecule has 0 radical (unpaired) electrons. The lowest BCUT2D eigenvalue weighted by Crippen LogP contribution is -2.26. The second-order valence-corrected chi connectivity index (χ2v) is 2.52. The van der Waals surface area contributed by atoms with E-state index in [1.165, 1.54) is 0 Å². The molecule has 11 heavy (non-hydrogen) atoms. The summed E-state index contributed by atoms with van der Waals surface area (Å²) in [4.78, 5) is 11.1. The standard InChI is InChI=1S/C9H17NO/c1-4-6-7-8(5-2)9(11)10-3/h4,6,8H,5,7H2,1-3H3,(H,10,11)/b6-4+. The van der Waals surface area contributed by atoms with Gasteiger partial charge in [-0.25, -0.2) is 0 Å². The Bertz CT molecular complexity index is 140. The Morgan fingerprint density at radius 1 is 1.64 bits per heavy atom.